The molecule has 7 heteroatoms. The minimum absolute atomic E-state index is 0.335. The Labute approximate surface area is 105 Å². The van der Waals surface area contributed by atoms with Crippen LogP contribution in [0.4, 0.5) is 13.2 Å². The predicted octanol–water partition coefficient (Wildman–Crippen LogP) is 3.18. The highest BCUT2D eigenvalue weighted by atomic mass is 19.4. The Bertz CT molecular complexity index is 296. The van der Waals surface area contributed by atoms with E-state index in [1.165, 1.54) is 0 Å². The number of hydrogen-bond donors (Lipinski definition) is 2. The van der Waals surface area contributed by atoms with E-state index in [1.807, 2.05) is 6.92 Å². The van der Waals surface area contributed by atoms with Crippen LogP contribution < -0.4 is 5.32 Å². The van der Waals surface area contributed by atoms with Crippen LogP contribution in [-0.4, -0.2) is 23.3 Å². The molecule has 18 heavy (non-hydrogen) atoms. The van der Waals surface area contributed by atoms with Crippen LogP contribution in [0.3, 0.4) is 0 Å². The van der Waals surface area contributed by atoms with Gasteiger partial charge in [-0.2, -0.15) is 18.3 Å². The number of nitrogens with one attached hydrogen (secondary N) is 1. The maximum absolute atomic E-state index is 13.2. The number of unbranched alkanes of at least 4 members (excludes halogenated alkanes) is 2. The molecule has 0 bridgehead atoms. The number of azo groups is 1. The van der Waals surface area contributed by atoms with E-state index in [1.54, 1.807) is 6.92 Å². The zero-order valence-corrected chi connectivity index (χ0v) is 10.7. The first-order valence-electron chi connectivity index (χ1n) is 6.32. The zero-order valence-electron chi connectivity index (χ0n) is 10.7. The van der Waals surface area contributed by atoms with Crippen molar-refractivity contribution in [1.82, 2.24) is 5.32 Å². The summed E-state index contributed by atoms with van der Waals surface area (Å²) in [4.78, 5) is 0. The van der Waals surface area contributed by atoms with E-state index >= 15 is 0 Å². The predicted molar refractivity (Wildman–Crippen MR) is 60.7 cm³/mol. The summed E-state index contributed by atoms with van der Waals surface area (Å²) in [6, 6.07) is 0. The van der Waals surface area contributed by atoms with E-state index in [2.05, 4.69) is 15.5 Å². The lowest BCUT2D eigenvalue weighted by Gasteiger charge is -2.35. The van der Waals surface area contributed by atoms with Gasteiger partial charge < -0.3 is 5.11 Å². The molecule has 0 fully saturated rings. The summed E-state index contributed by atoms with van der Waals surface area (Å²) in [5.41, 5.74) is -2.42. The summed E-state index contributed by atoms with van der Waals surface area (Å²) >= 11 is 0. The van der Waals surface area contributed by atoms with Crippen molar-refractivity contribution in [2.45, 2.75) is 64.1 Å². The molecule has 106 valence electrons. The first kappa shape index (κ1) is 15.4. The van der Waals surface area contributed by atoms with E-state index in [0.29, 0.717) is 12.8 Å². The fraction of sp³-hybridized carbons (Fsp3) is 1.00. The fourth-order valence-electron chi connectivity index (χ4n) is 2.32. The molecule has 1 aliphatic heterocycles. The third-order valence-electron chi connectivity index (χ3n) is 3.35. The molecule has 1 rings (SSSR count). The molecule has 3 unspecified atom stereocenters. The van der Waals surface area contributed by atoms with E-state index in [9.17, 15) is 18.3 Å². The zero-order chi connectivity index (χ0) is 13.8. The number of halogens is 3. The van der Waals surface area contributed by atoms with Gasteiger partial charge in [-0.25, -0.2) is 5.32 Å². The third-order valence-corrected chi connectivity index (χ3v) is 3.35. The lowest BCUT2D eigenvalue weighted by Crippen LogP contribution is -2.59. The van der Waals surface area contributed by atoms with Crippen LogP contribution in [0, 0.1) is 5.92 Å². The molecule has 0 aromatic heterocycles. The molecule has 0 aromatic rings. The second kappa shape index (κ2) is 5.97. The third kappa shape index (κ3) is 3.00. The van der Waals surface area contributed by atoms with E-state index < -0.39 is 24.1 Å². The van der Waals surface area contributed by atoms with Gasteiger partial charge in [-0.05, 0) is 12.8 Å². The van der Waals surface area contributed by atoms with Gasteiger partial charge in [0.1, 0.15) is 0 Å². The van der Waals surface area contributed by atoms with Gasteiger partial charge in [-0.1, -0.05) is 33.1 Å². The SMILES string of the molecule is CCCCCC(CC)C1(C(F)(F)F)N=NC(O)N1. The van der Waals surface area contributed by atoms with E-state index in [-0.39, 0.29) is 0 Å². The van der Waals surface area contributed by atoms with E-state index in [0.717, 1.165) is 19.3 Å². The highest BCUT2D eigenvalue weighted by Crippen LogP contribution is 2.43. The molecular formula is C11H20F3N3O. The van der Waals surface area contributed by atoms with E-state index in [4.69, 9.17) is 0 Å². The van der Waals surface area contributed by atoms with Crippen molar-refractivity contribution in [1.29, 1.82) is 0 Å². The number of hydrogen-bond acceptors (Lipinski definition) is 4. The molecule has 0 aliphatic carbocycles. The number of aliphatic hydroxyl groups excluding tert-OH is 1. The molecule has 0 spiro atoms. The van der Waals surface area contributed by atoms with Gasteiger partial charge in [-0.3, -0.25) is 0 Å². The van der Waals surface area contributed by atoms with Gasteiger partial charge in [0.05, 0.1) is 0 Å². The molecule has 2 N–H and O–H groups in total. The maximum Gasteiger partial charge on any atom is 0.429 e. The highest BCUT2D eigenvalue weighted by Gasteiger charge is 2.62. The lowest BCUT2D eigenvalue weighted by molar-refractivity contribution is -0.213. The molecule has 1 heterocycles. The van der Waals surface area contributed by atoms with Gasteiger partial charge in [-0.15, -0.1) is 5.11 Å². The van der Waals surface area contributed by atoms with Crippen molar-refractivity contribution in [2.75, 3.05) is 0 Å². The van der Waals surface area contributed by atoms with Crippen LogP contribution in [0.2, 0.25) is 0 Å². The first-order chi connectivity index (χ1) is 8.37. The molecule has 1 aliphatic rings. The van der Waals surface area contributed by atoms with Crippen LogP contribution in [0.1, 0.15) is 46.0 Å². The minimum atomic E-state index is -4.55. The van der Waals surface area contributed by atoms with Crippen LogP contribution in [0.15, 0.2) is 10.2 Å². The van der Waals surface area contributed by atoms with Crippen LogP contribution in [0.5, 0.6) is 0 Å². The summed E-state index contributed by atoms with van der Waals surface area (Å²) in [7, 11) is 0. The first-order valence-corrected chi connectivity index (χ1v) is 6.32. The number of aliphatic hydroxyl groups is 1. The maximum atomic E-state index is 13.2. The van der Waals surface area contributed by atoms with Crippen molar-refractivity contribution in [2.24, 2.45) is 16.1 Å². The smallest absolute Gasteiger partial charge is 0.358 e. The monoisotopic (exact) mass is 267 g/mol. The Hall–Kier alpha value is -0.690. The fourth-order valence-corrected chi connectivity index (χ4v) is 2.32. The molecule has 3 atom stereocenters. The highest BCUT2D eigenvalue weighted by molar-refractivity contribution is 5.00. The molecule has 0 amide bonds. The number of nitrogens with zero attached hydrogens (tertiary/aromatic N) is 2. The van der Waals surface area contributed by atoms with Crippen molar-refractivity contribution in [3.63, 3.8) is 0 Å². The van der Waals surface area contributed by atoms with Crippen molar-refractivity contribution in [3.05, 3.63) is 0 Å². The molecule has 0 saturated heterocycles. The van der Waals surface area contributed by atoms with Gasteiger partial charge >= 0.3 is 6.18 Å². The standard InChI is InChI=1S/C11H20F3N3O/c1-3-5-6-7-8(4-2)10(11(12,13)14)15-9(18)16-17-10/h8-9,15,18H,3-7H2,1-2H3. The van der Waals surface area contributed by atoms with Crippen LogP contribution in [-0.2, 0) is 0 Å². The summed E-state index contributed by atoms with van der Waals surface area (Å²) < 4.78 is 39.6. The molecule has 0 saturated carbocycles. The summed E-state index contributed by atoms with van der Waals surface area (Å²) in [5, 5.41) is 17.8. The Morgan fingerprint density at radius 3 is 2.39 bits per heavy atom. The van der Waals surface area contributed by atoms with Gasteiger partial charge in [0.2, 0.25) is 12.0 Å². The van der Waals surface area contributed by atoms with Crippen molar-refractivity contribution < 1.29 is 18.3 Å². The second-order valence-corrected chi connectivity index (χ2v) is 4.60. The molecule has 4 nitrogen and oxygen atoms in total. The summed E-state index contributed by atoms with van der Waals surface area (Å²) in [6.07, 6.45) is -2.80. The van der Waals surface area contributed by atoms with Crippen molar-refractivity contribution in [3.8, 4) is 0 Å². The Morgan fingerprint density at radius 1 is 1.33 bits per heavy atom. The summed E-state index contributed by atoms with van der Waals surface area (Å²) in [6.45, 7) is 3.70. The van der Waals surface area contributed by atoms with Crippen LogP contribution in [0.25, 0.3) is 0 Å². The topological polar surface area (TPSA) is 57.0 Å². The Morgan fingerprint density at radius 2 is 2.00 bits per heavy atom. The Balaban J connectivity index is 2.85. The number of alkyl halides is 3. The van der Waals surface area contributed by atoms with Gasteiger partial charge in [0, 0.05) is 5.92 Å². The number of rotatable bonds is 6. The second-order valence-electron chi connectivity index (χ2n) is 4.60. The summed E-state index contributed by atoms with van der Waals surface area (Å²) in [5.74, 6) is -0.704. The molecule has 0 aromatic carbocycles. The average molecular weight is 267 g/mol. The quantitative estimate of drug-likeness (QED) is 0.726. The molecular weight excluding hydrogens is 247 g/mol. The van der Waals surface area contributed by atoms with Gasteiger partial charge in [0.15, 0.2) is 0 Å². The minimum Gasteiger partial charge on any atom is -0.358 e. The largest absolute Gasteiger partial charge is 0.429 e. The average Bonchev–Trinajstić information content (AvgIpc) is 2.67. The normalized spacial score (nSPS) is 29.8. The Kier molecular flexibility index (Phi) is 5.10. The van der Waals surface area contributed by atoms with Gasteiger partial charge in [0.25, 0.3) is 0 Å². The lowest BCUT2D eigenvalue weighted by atomic mass is 9.85. The van der Waals surface area contributed by atoms with Crippen LogP contribution >= 0.6 is 0 Å². The molecule has 0 radical (unpaired) electrons. The van der Waals surface area contributed by atoms with Crippen molar-refractivity contribution >= 4 is 0 Å².